The number of benzene rings is 2. The summed E-state index contributed by atoms with van der Waals surface area (Å²) >= 11 is 0. The molecule has 1 aliphatic rings. The SMILES string of the molecule is CCC(CC1CC(OCc2ccccc2)C1)C(=Nc1ccc(F)cc1C)C(C)NC(=O)OC(C)(C)C. The number of hydrogen-bond acceptors (Lipinski definition) is 4. The molecular formula is C30H41FN2O3. The van der Waals surface area contributed by atoms with Crippen LogP contribution in [-0.4, -0.2) is 29.6 Å². The average Bonchev–Trinajstić information content (AvgIpc) is 2.77. The fraction of sp³-hybridized carbons (Fsp3) is 0.533. The molecule has 5 nitrogen and oxygen atoms in total. The summed E-state index contributed by atoms with van der Waals surface area (Å²) in [5, 5.41) is 2.97. The van der Waals surface area contributed by atoms with Gasteiger partial charge in [-0.2, -0.15) is 0 Å². The molecule has 0 spiro atoms. The molecule has 0 aliphatic heterocycles. The zero-order valence-electron chi connectivity index (χ0n) is 22.5. The van der Waals surface area contributed by atoms with Gasteiger partial charge in [0.15, 0.2) is 0 Å². The molecule has 6 heteroatoms. The zero-order valence-corrected chi connectivity index (χ0v) is 22.5. The van der Waals surface area contributed by atoms with E-state index in [0.717, 1.165) is 42.6 Å². The molecule has 1 saturated carbocycles. The molecule has 2 aromatic rings. The molecule has 2 aromatic carbocycles. The predicted molar refractivity (Wildman–Crippen MR) is 143 cm³/mol. The van der Waals surface area contributed by atoms with Crippen molar-refractivity contribution in [3.05, 3.63) is 65.5 Å². The molecule has 2 unspecified atom stereocenters. The Bertz CT molecular complexity index is 1030. The fourth-order valence-corrected chi connectivity index (χ4v) is 4.67. The molecule has 2 atom stereocenters. The van der Waals surface area contributed by atoms with Crippen molar-refractivity contribution < 1.29 is 18.7 Å². The number of aryl methyl sites for hydroxylation is 1. The molecule has 0 aromatic heterocycles. The van der Waals surface area contributed by atoms with E-state index < -0.39 is 11.7 Å². The number of carbonyl (C=O) groups is 1. The highest BCUT2D eigenvalue weighted by molar-refractivity contribution is 5.95. The molecular weight excluding hydrogens is 455 g/mol. The van der Waals surface area contributed by atoms with Crippen molar-refractivity contribution in [2.45, 2.75) is 91.6 Å². The van der Waals surface area contributed by atoms with Crippen LogP contribution in [0.3, 0.4) is 0 Å². The summed E-state index contributed by atoms with van der Waals surface area (Å²) in [7, 11) is 0. The van der Waals surface area contributed by atoms with Crippen molar-refractivity contribution in [1.29, 1.82) is 0 Å². The standard InChI is InChI=1S/C30H41FN2O3/c1-7-24(16-23-17-26(18-23)35-19-22-11-9-8-10-12-22)28(21(3)32-29(34)36-30(4,5)6)33-27-14-13-25(31)15-20(27)2/h8-15,21,23-24,26H,7,16-19H2,1-6H3,(H,32,34). The maximum Gasteiger partial charge on any atom is 0.408 e. The lowest BCUT2D eigenvalue weighted by atomic mass is 9.74. The largest absolute Gasteiger partial charge is 0.444 e. The van der Waals surface area contributed by atoms with Crippen molar-refractivity contribution >= 4 is 17.5 Å². The minimum atomic E-state index is -0.584. The number of rotatable bonds is 10. The summed E-state index contributed by atoms with van der Waals surface area (Å²) in [5.41, 5.74) is 3.00. The summed E-state index contributed by atoms with van der Waals surface area (Å²) in [6.07, 6.45) is 3.74. The lowest BCUT2D eigenvalue weighted by Gasteiger charge is -2.38. The first kappa shape index (κ1) is 27.9. The normalized spacial score (nSPS) is 19.8. The van der Waals surface area contributed by atoms with Gasteiger partial charge in [-0.15, -0.1) is 0 Å². The quantitative estimate of drug-likeness (QED) is 0.346. The van der Waals surface area contributed by atoms with Crippen LogP contribution in [0.4, 0.5) is 14.9 Å². The fourth-order valence-electron chi connectivity index (χ4n) is 4.67. The van der Waals surface area contributed by atoms with E-state index in [1.54, 1.807) is 6.07 Å². The van der Waals surface area contributed by atoms with Gasteiger partial charge in [-0.05, 0) is 101 Å². The first-order valence-corrected chi connectivity index (χ1v) is 13.0. The molecule has 1 amide bonds. The number of ether oxygens (including phenoxy) is 2. The number of nitrogens with one attached hydrogen (secondary N) is 1. The van der Waals surface area contributed by atoms with Gasteiger partial charge >= 0.3 is 6.09 Å². The molecule has 0 radical (unpaired) electrons. The first-order valence-electron chi connectivity index (χ1n) is 13.0. The van der Waals surface area contributed by atoms with Crippen LogP contribution >= 0.6 is 0 Å². The van der Waals surface area contributed by atoms with Crippen molar-refractivity contribution in [3.63, 3.8) is 0 Å². The monoisotopic (exact) mass is 496 g/mol. The van der Waals surface area contributed by atoms with E-state index >= 15 is 0 Å². The van der Waals surface area contributed by atoms with Crippen molar-refractivity contribution in [2.75, 3.05) is 0 Å². The minimum Gasteiger partial charge on any atom is -0.444 e. The smallest absolute Gasteiger partial charge is 0.408 e. The third-order valence-corrected chi connectivity index (χ3v) is 6.64. The van der Waals surface area contributed by atoms with Crippen molar-refractivity contribution in [2.24, 2.45) is 16.8 Å². The van der Waals surface area contributed by atoms with Gasteiger partial charge in [0.25, 0.3) is 0 Å². The number of nitrogens with zero attached hydrogens (tertiary/aromatic N) is 1. The van der Waals surface area contributed by atoms with Gasteiger partial charge in [0, 0.05) is 5.71 Å². The third kappa shape index (κ3) is 8.44. The molecule has 36 heavy (non-hydrogen) atoms. The van der Waals surface area contributed by atoms with E-state index in [9.17, 15) is 9.18 Å². The van der Waals surface area contributed by atoms with Gasteiger partial charge in [-0.25, -0.2) is 9.18 Å². The summed E-state index contributed by atoms with van der Waals surface area (Å²) in [5.74, 6) is 0.444. The molecule has 1 N–H and O–H groups in total. The highest BCUT2D eigenvalue weighted by atomic mass is 19.1. The van der Waals surface area contributed by atoms with Gasteiger partial charge < -0.3 is 14.8 Å². The van der Waals surface area contributed by atoms with Crippen LogP contribution in [0.2, 0.25) is 0 Å². The molecule has 0 bridgehead atoms. The topological polar surface area (TPSA) is 59.9 Å². The Kier molecular flexibility index (Phi) is 9.66. The Morgan fingerprint density at radius 3 is 2.47 bits per heavy atom. The highest BCUT2D eigenvalue weighted by Crippen LogP contribution is 2.37. The Labute approximate surface area is 215 Å². The number of halogens is 1. The van der Waals surface area contributed by atoms with E-state index in [1.165, 1.54) is 17.7 Å². The molecule has 3 rings (SSSR count). The first-order chi connectivity index (χ1) is 17.0. The predicted octanol–water partition coefficient (Wildman–Crippen LogP) is 7.53. The average molecular weight is 497 g/mol. The van der Waals surface area contributed by atoms with E-state index in [2.05, 4.69) is 24.4 Å². The zero-order chi connectivity index (χ0) is 26.3. The second-order valence-electron chi connectivity index (χ2n) is 10.9. The van der Waals surface area contributed by atoms with Crippen LogP contribution in [0.15, 0.2) is 53.5 Å². The van der Waals surface area contributed by atoms with Crippen LogP contribution in [0, 0.1) is 24.6 Å². The number of hydrogen-bond donors (Lipinski definition) is 1. The van der Waals surface area contributed by atoms with Crippen LogP contribution in [0.5, 0.6) is 0 Å². The number of carbonyl (C=O) groups excluding carboxylic acids is 1. The molecule has 196 valence electrons. The summed E-state index contributed by atoms with van der Waals surface area (Å²) in [6, 6.07) is 14.5. The van der Waals surface area contributed by atoms with Gasteiger partial charge in [0.05, 0.1) is 24.4 Å². The minimum absolute atomic E-state index is 0.180. The maximum atomic E-state index is 13.7. The second kappa shape index (κ2) is 12.5. The van der Waals surface area contributed by atoms with E-state index in [1.807, 2.05) is 52.8 Å². The Balaban J connectivity index is 1.69. The number of alkyl carbamates (subject to hydrolysis) is 1. The third-order valence-electron chi connectivity index (χ3n) is 6.64. The van der Waals surface area contributed by atoms with Crippen LogP contribution in [-0.2, 0) is 16.1 Å². The molecule has 0 saturated heterocycles. The van der Waals surface area contributed by atoms with Gasteiger partial charge in [-0.1, -0.05) is 37.3 Å². The van der Waals surface area contributed by atoms with E-state index in [0.29, 0.717) is 12.5 Å². The van der Waals surface area contributed by atoms with E-state index in [-0.39, 0.29) is 23.9 Å². The number of aliphatic imine (C=N–C) groups is 1. The summed E-state index contributed by atoms with van der Waals surface area (Å²) in [4.78, 5) is 17.5. The summed E-state index contributed by atoms with van der Waals surface area (Å²) < 4.78 is 25.3. The van der Waals surface area contributed by atoms with Gasteiger partial charge in [0.1, 0.15) is 11.4 Å². The highest BCUT2D eigenvalue weighted by Gasteiger charge is 2.34. The van der Waals surface area contributed by atoms with Gasteiger partial charge in [-0.3, -0.25) is 4.99 Å². The van der Waals surface area contributed by atoms with Crippen molar-refractivity contribution in [3.8, 4) is 0 Å². The lowest BCUT2D eigenvalue weighted by molar-refractivity contribution is -0.0441. The second-order valence-corrected chi connectivity index (χ2v) is 10.9. The Morgan fingerprint density at radius 1 is 1.17 bits per heavy atom. The Hall–Kier alpha value is -2.73. The van der Waals surface area contributed by atoms with Crippen LogP contribution in [0.1, 0.15) is 71.4 Å². The van der Waals surface area contributed by atoms with Crippen molar-refractivity contribution in [1.82, 2.24) is 5.32 Å². The maximum absolute atomic E-state index is 13.7. The molecule has 0 heterocycles. The Morgan fingerprint density at radius 2 is 1.86 bits per heavy atom. The van der Waals surface area contributed by atoms with Crippen LogP contribution in [0.25, 0.3) is 0 Å². The van der Waals surface area contributed by atoms with Crippen LogP contribution < -0.4 is 5.32 Å². The number of amides is 1. The molecule has 1 fully saturated rings. The van der Waals surface area contributed by atoms with Gasteiger partial charge in [0.2, 0.25) is 0 Å². The molecule has 1 aliphatic carbocycles. The summed E-state index contributed by atoms with van der Waals surface area (Å²) in [6.45, 7) is 12.1. The lowest BCUT2D eigenvalue weighted by Crippen LogP contribution is -2.44. The van der Waals surface area contributed by atoms with E-state index in [4.69, 9.17) is 14.5 Å².